The van der Waals surface area contributed by atoms with Crippen LogP contribution in [-0.2, 0) is 4.74 Å². The van der Waals surface area contributed by atoms with Crippen LogP contribution in [0.5, 0.6) is 0 Å². The minimum atomic E-state index is -0.453. The summed E-state index contributed by atoms with van der Waals surface area (Å²) in [5, 5.41) is 0. The molecule has 2 heterocycles. The van der Waals surface area contributed by atoms with Crippen molar-refractivity contribution in [2.75, 3.05) is 7.11 Å². The zero-order valence-electron chi connectivity index (χ0n) is 10.3. The predicted molar refractivity (Wildman–Crippen MR) is 70.2 cm³/mol. The molecule has 0 fully saturated rings. The molecule has 0 radical (unpaired) electrons. The Kier molecular flexibility index (Phi) is 2.72. The Labute approximate surface area is 109 Å². The number of pyridine rings is 1. The summed E-state index contributed by atoms with van der Waals surface area (Å²) in [6, 6.07) is 11.3. The monoisotopic (exact) mass is 253 g/mol. The maximum atomic E-state index is 11.5. The fourth-order valence-corrected chi connectivity index (χ4v) is 1.95. The summed E-state index contributed by atoms with van der Waals surface area (Å²) in [6.45, 7) is 0. The van der Waals surface area contributed by atoms with Crippen LogP contribution in [0.25, 0.3) is 16.7 Å². The first-order valence-electron chi connectivity index (χ1n) is 5.76. The first kappa shape index (κ1) is 11.4. The van der Waals surface area contributed by atoms with E-state index in [-0.39, 0.29) is 5.69 Å². The molecule has 0 aliphatic heterocycles. The number of methoxy groups -OCH3 is 1. The second kappa shape index (κ2) is 4.53. The van der Waals surface area contributed by atoms with E-state index in [1.807, 2.05) is 34.9 Å². The molecule has 0 saturated heterocycles. The molecule has 0 saturated carbocycles. The smallest absolute Gasteiger partial charge is 0.356 e. The summed E-state index contributed by atoms with van der Waals surface area (Å²) in [4.78, 5) is 19.8. The van der Waals surface area contributed by atoms with Gasteiger partial charge in [0, 0.05) is 6.20 Å². The lowest BCUT2D eigenvalue weighted by atomic mass is 10.3. The summed E-state index contributed by atoms with van der Waals surface area (Å²) in [7, 11) is 1.34. The molecule has 0 amide bonds. The molecule has 2 aromatic heterocycles. The summed E-state index contributed by atoms with van der Waals surface area (Å²) >= 11 is 0. The number of hydrogen-bond donors (Lipinski definition) is 0. The Morgan fingerprint density at radius 3 is 2.89 bits per heavy atom. The number of hydrogen-bond acceptors (Lipinski definition) is 4. The van der Waals surface area contributed by atoms with Crippen molar-refractivity contribution >= 4 is 17.0 Å². The molecule has 94 valence electrons. The number of carbonyl (C=O) groups is 1. The Balaban J connectivity index is 2.14. The van der Waals surface area contributed by atoms with Gasteiger partial charge >= 0.3 is 5.97 Å². The second-order valence-electron chi connectivity index (χ2n) is 3.99. The number of para-hydroxylation sites is 2. The second-order valence-corrected chi connectivity index (χ2v) is 3.99. The average molecular weight is 253 g/mol. The fourth-order valence-electron chi connectivity index (χ4n) is 1.95. The van der Waals surface area contributed by atoms with Crippen LogP contribution in [0.1, 0.15) is 10.5 Å². The van der Waals surface area contributed by atoms with Crippen LogP contribution >= 0.6 is 0 Å². The van der Waals surface area contributed by atoms with E-state index < -0.39 is 5.97 Å². The Bertz CT molecular complexity index is 749. The van der Waals surface area contributed by atoms with Crippen LogP contribution in [0.15, 0.2) is 48.9 Å². The van der Waals surface area contributed by atoms with Crippen molar-refractivity contribution in [2.45, 2.75) is 0 Å². The average Bonchev–Trinajstić information content (AvgIpc) is 2.90. The van der Waals surface area contributed by atoms with Crippen LogP contribution in [-0.4, -0.2) is 27.6 Å². The molecule has 0 bridgehead atoms. The molecule has 0 aliphatic rings. The zero-order valence-corrected chi connectivity index (χ0v) is 10.3. The number of imidazole rings is 1. The standard InChI is InChI=1S/C14H11N3O2/c1-19-14(18)12-8-10(6-7-15-12)17-9-16-11-4-2-3-5-13(11)17/h2-9H,1H3. The van der Waals surface area contributed by atoms with Crippen LogP contribution < -0.4 is 0 Å². The first-order valence-corrected chi connectivity index (χ1v) is 5.76. The van der Waals surface area contributed by atoms with Gasteiger partial charge in [-0.25, -0.2) is 14.8 Å². The summed E-state index contributed by atoms with van der Waals surface area (Å²) in [5.74, 6) is -0.453. The van der Waals surface area contributed by atoms with E-state index in [2.05, 4.69) is 14.7 Å². The van der Waals surface area contributed by atoms with Gasteiger partial charge in [0.05, 0.1) is 23.8 Å². The third-order valence-corrected chi connectivity index (χ3v) is 2.87. The van der Waals surface area contributed by atoms with Gasteiger partial charge in [-0.2, -0.15) is 0 Å². The number of esters is 1. The van der Waals surface area contributed by atoms with Crippen LogP contribution in [0.2, 0.25) is 0 Å². The highest BCUT2D eigenvalue weighted by Gasteiger charge is 2.09. The third-order valence-electron chi connectivity index (χ3n) is 2.87. The summed E-state index contributed by atoms with van der Waals surface area (Å²) < 4.78 is 6.58. The molecular formula is C14H11N3O2. The lowest BCUT2D eigenvalue weighted by Crippen LogP contribution is -2.05. The highest BCUT2D eigenvalue weighted by atomic mass is 16.5. The van der Waals surface area contributed by atoms with E-state index in [4.69, 9.17) is 0 Å². The maximum absolute atomic E-state index is 11.5. The Hall–Kier alpha value is -2.69. The summed E-state index contributed by atoms with van der Waals surface area (Å²) in [5.41, 5.74) is 2.98. The van der Waals surface area contributed by atoms with Gasteiger partial charge in [-0.1, -0.05) is 12.1 Å². The number of nitrogens with zero attached hydrogens (tertiary/aromatic N) is 3. The molecule has 1 aromatic carbocycles. The molecule has 0 N–H and O–H groups in total. The molecule has 5 nitrogen and oxygen atoms in total. The highest BCUT2D eigenvalue weighted by molar-refractivity contribution is 5.88. The van der Waals surface area contributed by atoms with E-state index in [1.165, 1.54) is 7.11 Å². The van der Waals surface area contributed by atoms with E-state index >= 15 is 0 Å². The lowest BCUT2D eigenvalue weighted by molar-refractivity contribution is 0.0594. The molecule has 19 heavy (non-hydrogen) atoms. The molecule has 0 atom stereocenters. The zero-order chi connectivity index (χ0) is 13.2. The van der Waals surface area contributed by atoms with Gasteiger partial charge in [-0.3, -0.25) is 4.57 Å². The first-order chi connectivity index (χ1) is 9.29. The quantitative estimate of drug-likeness (QED) is 0.657. The highest BCUT2D eigenvalue weighted by Crippen LogP contribution is 2.18. The van der Waals surface area contributed by atoms with Gasteiger partial charge in [0.15, 0.2) is 0 Å². The topological polar surface area (TPSA) is 57.0 Å². The SMILES string of the molecule is COC(=O)c1cc(-n2cnc3ccccc32)ccn1. The number of rotatable bonds is 2. The Morgan fingerprint density at radius 2 is 2.05 bits per heavy atom. The molecule has 3 aromatic rings. The van der Waals surface area contributed by atoms with Crippen LogP contribution in [0, 0.1) is 0 Å². The van der Waals surface area contributed by atoms with Gasteiger partial charge in [0.25, 0.3) is 0 Å². The van der Waals surface area contributed by atoms with Gasteiger partial charge in [-0.15, -0.1) is 0 Å². The molecular weight excluding hydrogens is 242 g/mol. The fraction of sp³-hybridized carbons (Fsp3) is 0.0714. The third kappa shape index (κ3) is 1.95. The summed E-state index contributed by atoms with van der Waals surface area (Å²) in [6.07, 6.45) is 3.30. The van der Waals surface area contributed by atoms with Gasteiger partial charge in [0.2, 0.25) is 0 Å². The number of benzene rings is 1. The largest absolute Gasteiger partial charge is 0.464 e. The number of fused-ring (bicyclic) bond motifs is 1. The van der Waals surface area contributed by atoms with Crippen molar-refractivity contribution in [1.82, 2.24) is 14.5 Å². The van der Waals surface area contributed by atoms with Crippen LogP contribution in [0.4, 0.5) is 0 Å². The Morgan fingerprint density at radius 1 is 1.21 bits per heavy atom. The lowest BCUT2D eigenvalue weighted by Gasteiger charge is -2.05. The maximum Gasteiger partial charge on any atom is 0.356 e. The van der Waals surface area contributed by atoms with Crippen molar-refractivity contribution < 1.29 is 9.53 Å². The minimum absolute atomic E-state index is 0.276. The van der Waals surface area contributed by atoms with Gasteiger partial charge < -0.3 is 4.74 Å². The van der Waals surface area contributed by atoms with Crippen molar-refractivity contribution in [2.24, 2.45) is 0 Å². The van der Waals surface area contributed by atoms with E-state index in [0.717, 1.165) is 16.7 Å². The van der Waals surface area contributed by atoms with E-state index in [9.17, 15) is 4.79 Å². The number of carbonyl (C=O) groups excluding carboxylic acids is 1. The molecule has 0 spiro atoms. The van der Waals surface area contributed by atoms with Crippen molar-refractivity contribution in [3.05, 3.63) is 54.6 Å². The van der Waals surface area contributed by atoms with E-state index in [1.54, 1.807) is 18.6 Å². The minimum Gasteiger partial charge on any atom is -0.464 e. The van der Waals surface area contributed by atoms with Crippen molar-refractivity contribution in [3.8, 4) is 5.69 Å². The predicted octanol–water partition coefficient (Wildman–Crippen LogP) is 2.21. The number of aromatic nitrogens is 3. The molecule has 3 rings (SSSR count). The number of ether oxygens (including phenoxy) is 1. The van der Waals surface area contributed by atoms with E-state index in [0.29, 0.717) is 0 Å². The normalized spacial score (nSPS) is 10.6. The molecule has 0 unspecified atom stereocenters. The van der Waals surface area contributed by atoms with Crippen molar-refractivity contribution in [3.63, 3.8) is 0 Å². The van der Waals surface area contributed by atoms with Crippen molar-refractivity contribution in [1.29, 1.82) is 0 Å². The van der Waals surface area contributed by atoms with Gasteiger partial charge in [-0.05, 0) is 24.3 Å². The van der Waals surface area contributed by atoms with Crippen LogP contribution in [0.3, 0.4) is 0 Å². The van der Waals surface area contributed by atoms with Gasteiger partial charge in [0.1, 0.15) is 12.0 Å². The molecule has 0 aliphatic carbocycles. The molecule has 5 heteroatoms.